The maximum Gasteiger partial charge on any atom is 0.161 e. The third-order valence-corrected chi connectivity index (χ3v) is 3.47. The molecule has 1 aliphatic rings. The Labute approximate surface area is 121 Å². The number of nitrogens with one attached hydrogen (secondary N) is 1. The SMILES string of the molecule is COc1ccc(CN2CCNC[C@H]2C)cc1OC.Cl. The minimum absolute atomic E-state index is 0. The van der Waals surface area contributed by atoms with Crippen LogP contribution in [0.15, 0.2) is 18.2 Å². The predicted molar refractivity (Wildman–Crippen MR) is 79.5 cm³/mol. The second-order valence-electron chi connectivity index (χ2n) is 4.71. The monoisotopic (exact) mass is 286 g/mol. The molecule has 108 valence electrons. The molecule has 1 fully saturated rings. The van der Waals surface area contributed by atoms with Gasteiger partial charge in [-0.2, -0.15) is 0 Å². The molecule has 0 radical (unpaired) electrons. The average Bonchev–Trinajstić information content (AvgIpc) is 2.41. The van der Waals surface area contributed by atoms with Gasteiger partial charge in [-0.3, -0.25) is 4.90 Å². The second kappa shape index (κ2) is 7.58. The predicted octanol–water partition coefficient (Wildman–Crippen LogP) is 1.92. The van der Waals surface area contributed by atoms with Crippen LogP contribution < -0.4 is 14.8 Å². The Morgan fingerprint density at radius 2 is 2.00 bits per heavy atom. The van der Waals surface area contributed by atoms with E-state index in [1.165, 1.54) is 5.56 Å². The van der Waals surface area contributed by atoms with Gasteiger partial charge in [0.1, 0.15) is 0 Å². The minimum atomic E-state index is 0. The molecule has 1 heterocycles. The summed E-state index contributed by atoms with van der Waals surface area (Å²) in [5, 5.41) is 3.40. The van der Waals surface area contributed by atoms with E-state index in [-0.39, 0.29) is 12.4 Å². The first-order valence-electron chi connectivity index (χ1n) is 6.40. The van der Waals surface area contributed by atoms with Crippen molar-refractivity contribution in [2.24, 2.45) is 0 Å². The summed E-state index contributed by atoms with van der Waals surface area (Å²) < 4.78 is 10.6. The maximum absolute atomic E-state index is 5.34. The molecule has 0 unspecified atom stereocenters. The lowest BCUT2D eigenvalue weighted by molar-refractivity contribution is 0.165. The molecule has 1 atom stereocenters. The number of halogens is 1. The lowest BCUT2D eigenvalue weighted by Gasteiger charge is -2.34. The maximum atomic E-state index is 5.34. The number of benzene rings is 1. The van der Waals surface area contributed by atoms with E-state index in [2.05, 4.69) is 29.3 Å². The van der Waals surface area contributed by atoms with Gasteiger partial charge in [0.25, 0.3) is 0 Å². The first-order valence-corrected chi connectivity index (χ1v) is 6.40. The molecule has 0 aromatic heterocycles. The highest BCUT2D eigenvalue weighted by Crippen LogP contribution is 2.28. The molecule has 1 aromatic carbocycles. The number of nitrogens with zero attached hydrogens (tertiary/aromatic N) is 1. The van der Waals surface area contributed by atoms with Crippen molar-refractivity contribution < 1.29 is 9.47 Å². The Hall–Kier alpha value is -0.970. The Bertz CT molecular complexity index is 401. The van der Waals surface area contributed by atoms with E-state index in [0.717, 1.165) is 37.7 Å². The van der Waals surface area contributed by atoms with Crippen LogP contribution in [0.5, 0.6) is 11.5 Å². The van der Waals surface area contributed by atoms with Crippen molar-refractivity contribution in [3.63, 3.8) is 0 Å². The minimum Gasteiger partial charge on any atom is -0.493 e. The fourth-order valence-corrected chi connectivity index (χ4v) is 2.33. The van der Waals surface area contributed by atoms with Crippen LogP contribution in [-0.2, 0) is 6.54 Å². The normalized spacial score (nSPS) is 19.6. The molecule has 2 rings (SSSR count). The van der Waals surface area contributed by atoms with Crippen LogP contribution in [-0.4, -0.2) is 44.8 Å². The van der Waals surface area contributed by atoms with Gasteiger partial charge in [0.15, 0.2) is 11.5 Å². The summed E-state index contributed by atoms with van der Waals surface area (Å²) in [5.41, 5.74) is 1.27. The van der Waals surface area contributed by atoms with Crippen LogP contribution in [0.1, 0.15) is 12.5 Å². The summed E-state index contributed by atoms with van der Waals surface area (Å²) in [6, 6.07) is 6.72. The first-order chi connectivity index (χ1) is 8.74. The molecule has 1 aliphatic heterocycles. The molecule has 0 amide bonds. The van der Waals surface area contributed by atoms with Crippen LogP contribution in [0, 0.1) is 0 Å². The van der Waals surface area contributed by atoms with Gasteiger partial charge in [0, 0.05) is 32.2 Å². The first kappa shape index (κ1) is 16.1. The van der Waals surface area contributed by atoms with Gasteiger partial charge in [-0.15, -0.1) is 12.4 Å². The summed E-state index contributed by atoms with van der Waals surface area (Å²) >= 11 is 0. The molecule has 1 saturated heterocycles. The quantitative estimate of drug-likeness (QED) is 0.917. The summed E-state index contributed by atoms with van der Waals surface area (Å²) in [7, 11) is 3.34. The van der Waals surface area contributed by atoms with Crippen molar-refractivity contribution in [2.45, 2.75) is 19.5 Å². The molecule has 0 bridgehead atoms. The van der Waals surface area contributed by atoms with E-state index < -0.39 is 0 Å². The zero-order valence-corrected chi connectivity index (χ0v) is 12.6. The van der Waals surface area contributed by atoms with Gasteiger partial charge < -0.3 is 14.8 Å². The number of ether oxygens (including phenoxy) is 2. The molecule has 0 spiro atoms. The van der Waals surface area contributed by atoms with E-state index >= 15 is 0 Å². The van der Waals surface area contributed by atoms with E-state index in [4.69, 9.17) is 9.47 Å². The second-order valence-corrected chi connectivity index (χ2v) is 4.71. The average molecular weight is 287 g/mol. The third-order valence-electron chi connectivity index (χ3n) is 3.47. The van der Waals surface area contributed by atoms with Gasteiger partial charge in [-0.1, -0.05) is 6.07 Å². The molecule has 1 N–H and O–H groups in total. The Balaban J connectivity index is 0.00000180. The summed E-state index contributed by atoms with van der Waals surface area (Å²) in [6.45, 7) is 6.44. The number of methoxy groups -OCH3 is 2. The van der Waals surface area contributed by atoms with Crippen LogP contribution >= 0.6 is 12.4 Å². The fourth-order valence-electron chi connectivity index (χ4n) is 2.33. The topological polar surface area (TPSA) is 33.7 Å². The number of hydrogen-bond donors (Lipinski definition) is 1. The number of rotatable bonds is 4. The van der Waals surface area contributed by atoms with Crippen molar-refractivity contribution in [1.29, 1.82) is 0 Å². The molecule has 5 heteroatoms. The van der Waals surface area contributed by atoms with Gasteiger partial charge in [-0.05, 0) is 24.6 Å². The van der Waals surface area contributed by atoms with E-state index in [0.29, 0.717) is 6.04 Å². The van der Waals surface area contributed by atoms with Crippen LogP contribution in [0.25, 0.3) is 0 Å². The lowest BCUT2D eigenvalue weighted by Crippen LogP contribution is -2.49. The summed E-state index contributed by atoms with van der Waals surface area (Å²) in [5.74, 6) is 1.59. The summed E-state index contributed by atoms with van der Waals surface area (Å²) in [6.07, 6.45) is 0. The molecule has 0 aliphatic carbocycles. The number of hydrogen-bond acceptors (Lipinski definition) is 4. The van der Waals surface area contributed by atoms with Crippen molar-refractivity contribution in [3.05, 3.63) is 23.8 Å². The highest BCUT2D eigenvalue weighted by molar-refractivity contribution is 5.85. The molecule has 1 aromatic rings. The molecule has 19 heavy (non-hydrogen) atoms. The Morgan fingerprint density at radius 1 is 1.26 bits per heavy atom. The van der Waals surface area contributed by atoms with Gasteiger partial charge in [0.05, 0.1) is 14.2 Å². The zero-order valence-electron chi connectivity index (χ0n) is 11.8. The van der Waals surface area contributed by atoms with Crippen LogP contribution in [0.3, 0.4) is 0 Å². The smallest absolute Gasteiger partial charge is 0.161 e. The zero-order chi connectivity index (χ0) is 13.0. The Kier molecular flexibility index (Phi) is 6.42. The van der Waals surface area contributed by atoms with Crippen molar-refractivity contribution >= 4 is 12.4 Å². The van der Waals surface area contributed by atoms with E-state index in [1.807, 2.05) is 6.07 Å². The largest absolute Gasteiger partial charge is 0.493 e. The van der Waals surface area contributed by atoms with Crippen LogP contribution in [0.2, 0.25) is 0 Å². The summed E-state index contributed by atoms with van der Waals surface area (Å²) in [4.78, 5) is 2.48. The van der Waals surface area contributed by atoms with Gasteiger partial charge in [0.2, 0.25) is 0 Å². The highest BCUT2D eigenvalue weighted by Gasteiger charge is 2.18. The van der Waals surface area contributed by atoms with E-state index in [9.17, 15) is 0 Å². The van der Waals surface area contributed by atoms with Gasteiger partial charge >= 0.3 is 0 Å². The Morgan fingerprint density at radius 3 is 2.63 bits per heavy atom. The van der Waals surface area contributed by atoms with Gasteiger partial charge in [-0.25, -0.2) is 0 Å². The fraction of sp³-hybridized carbons (Fsp3) is 0.571. The van der Waals surface area contributed by atoms with E-state index in [1.54, 1.807) is 14.2 Å². The molecule has 4 nitrogen and oxygen atoms in total. The standard InChI is InChI=1S/C14H22N2O2.ClH/c1-11-9-15-6-7-16(11)10-12-4-5-13(17-2)14(8-12)18-3;/h4-5,8,11,15H,6-7,9-10H2,1-3H3;1H/t11-;/m1./s1. The molecular formula is C14H23ClN2O2. The molecule has 0 saturated carbocycles. The molecular weight excluding hydrogens is 264 g/mol. The van der Waals surface area contributed by atoms with Crippen molar-refractivity contribution in [3.8, 4) is 11.5 Å². The van der Waals surface area contributed by atoms with Crippen molar-refractivity contribution in [2.75, 3.05) is 33.9 Å². The highest BCUT2D eigenvalue weighted by atomic mass is 35.5. The number of piperazine rings is 1. The van der Waals surface area contributed by atoms with Crippen molar-refractivity contribution in [1.82, 2.24) is 10.2 Å². The lowest BCUT2D eigenvalue weighted by atomic mass is 10.1. The third kappa shape index (κ3) is 4.00. The van der Waals surface area contributed by atoms with Crippen LogP contribution in [0.4, 0.5) is 0 Å².